The third kappa shape index (κ3) is 6.36. The van der Waals surface area contributed by atoms with Gasteiger partial charge in [-0.05, 0) is 54.1 Å². The van der Waals surface area contributed by atoms with Crippen molar-refractivity contribution in [2.24, 2.45) is 0 Å². The summed E-state index contributed by atoms with van der Waals surface area (Å²) in [5.41, 5.74) is 16.8. The van der Waals surface area contributed by atoms with Gasteiger partial charge in [0.05, 0.1) is 44.7 Å². The highest BCUT2D eigenvalue weighted by Crippen LogP contribution is 2.44. The van der Waals surface area contributed by atoms with Gasteiger partial charge >= 0.3 is 0 Å². The van der Waals surface area contributed by atoms with Gasteiger partial charge < -0.3 is 9.13 Å². The molecule has 0 bridgehead atoms. The maximum absolute atomic E-state index is 5.60. The van der Waals surface area contributed by atoms with Crippen molar-refractivity contribution in [3.8, 4) is 67.7 Å². The fourth-order valence-corrected chi connectivity index (χ4v) is 10.7. The molecule has 0 N–H and O–H groups in total. The third-order valence-corrected chi connectivity index (χ3v) is 13.9. The average Bonchev–Trinajstić information content (AvgIpc) is 3.97. The smallest absolute Gasteiger partial charge is 0.160 e. The molecule has 326 valence electrons. The van der Waals surface area contributed by atoms with E-state index in [1.54, 1.807) is 0 Å². The van der Waals surface area contributed by atoms with Gasteiger partial charge in [0.2, 0.25) is 0 Å². The van der Waals surface area contributed by atoms with Gasteiger partial charge in [-0.25, -0.2) is 15.0 Å². The Morgan fingerprint density at radius 2 is 0.757 bits per heavy atom. The van der Waals surface area contributed by atoms with E-state index in [0.717, 1.165) is 78.1 Å². The molecule has 0 spiro atoms. The maximum atomic E-state index is 5.60. The topological polar surface area (TPSA) is 48.5 Å². The van der Waals surface area contributed by atoms with E-state index in [1.807, 2.05) is 6.07 Å². The van der Waals surface area contributed by atoms with Crippen LogP contribution in [0.4, 0.5) is 0 Å². The van der Waals surface area contributed by atoms with Crippen LogP contribution in [0.5, 0.6) is 0 Å². The second-order valence-corrected chi connectivity index (χ2v) is 17.9. The summed E-state index contributed by atoms with van der Waals surface area (Å²) in [6.45, 7) is 0. The molecule has 70 heavy (non-hydrogen) atoms. The van der Waals surface area contributed by atoms with Crippen molar-refractivity contribution < 1.29 is 0 Å². The second-order valence-electron chi connectivity index (χ2n) is 17.9. The molecule has 0 aliphatic rings. The highest BCUT2D eigenvalue weighted by atomic mass is 15.0. The normalized spacial score (nSPS) is 11.7. The van der Waals surface area contributed by atoms with Crippen molar-refractivity contribution in [1.82, 2.24) is 24.1 Å². The van der Waals surface area contributed by atoms with Gasteiger partial charge in [0.25, 0.3) is 0 Å². The average molecular weight is 892 g/mol. The Hall–Kier alpha value is -9.45. The highest BCUT2D eigenvalue weighted by Gasteiger charge is 2.22. The Kier molecular flexibility index (Phi) is 9.14. The fourth-order valence-electron chi connectivity index (χ4n) is 10.7. The number of para-hydroxylation sites is 5. The Bertz CT molecular complexity index is 4250. The van der Waals surface area contributed by atoms with Crippen LogP contribution >= 0.6 is 0 Å². The molecule has 0 amide bonds. The van der Waals surface area contributed by atoms with E-state index in [1.165, 1.54) is 49.0 Å². The van der Waals surface area contributed by atoms with Gasteiger partial charge in [-0.3, -0.25) is 0 Å². The Balaban J connectivity index is 0.916. The molecule has 4 heterocycles. The summed E-state index contributed by atoms with van der Waals surface area (Å²) >= 11 is 0. The molecule has 0 saturated heterocycles. The lowest BCUT2D eigenvalue weighted by atomic mass is 9.94. The number of hydrogen-bond acceptors (Lipinski definition) is 3. The minimum atomic E-state index is 0.666. The van der Waals surface area contributed by atoms with E-state index in [9.17, 15) is 0 Å². The first kappa shape index (κ1) is 39.7. The molecule has 4 aromatic heterocycles. The van der Waals surface area contributed by atoms with Crippen LogP contribution in [0.2, 0.25) is 0 Å². The summed E-state index contributed by atoms with van der Waals surface area (Å²) < 4.78 is 4.78. The molecule has 0 radical (unpaired) electrons. The number of nitrogens with zero attached hydrogens (tertiary/aromatic N) is 5. The van der Waals surface area contributed by atoms with E-state index >= 15 is 0 Å². The van der Waals surface area contributed by atoms with Crippen LogP contribution in [-0.4, -0.2) is 24.1 Å². The van der Waals surface area contributed by atoms with Gasteiger partial charge in [-0.1, -0.05) is 200 Å². The monoisotopic (exact) mass is 891 g/mol. The van der Waals surface area contributed by atoms with Crippen LogP contribution in [0, 0.1) is 0 Å². The predicted molar refractivity (Wildman–Crippen MR) is 291 cm³/mol. The molecule has 0 aliphatic heterocycles. The van der Waals surface area contributed by atoms with Crippen molar-refractivity contribution >= 4 is 65.3 Å². The first-order valence-electron chi connectivity index (χ1n) is 23.8. The molecule has 10 aromatic carbocycles. The van der Waals surface area contributed by atoms with Crippen LogP contribution in [0.1, 0.15) is 0 Å². The summed E-state index contributed by atoms with van der Waals surface area (Å²) in [6.07, 6.45) is 0. The fraction of sp³-hybridized carbons (Fsp3) is 0. The molecule has 5 nitrogen and oxygen atoms in total. The molecule has 14 aromatic rings. The van der Waals surface area contributed by atoms with Gasteiger partial charge in [0.15, 0.2) is 5.82 Å². The standard InChI is InChI=1S/C65H41N5/c1-4-17-43(18-5-1)56-41-57(44-35-37-48(38-36-44)69-58-28-13-10-23-50(58)51-24-11-14-29-59(51)69)67-65(66-56)46-33-31-42(32-34-46)49-26-16-27-54-61-55(62(68-63(49)54)45-19-6-2-7-20-45)40-39-53-52-25-12-15-30-60(52)70(64(53)61)47-21-8-3-9-22-47/h1-41H. The minimum absolute atomic E-state index is 0.666. The number of fused-ring (bicyclic) bond motifs is 10. The van der Waals surface area contributed by atoms with E-state index in [0.29, 0.717) is 5.82 Å². The molecular weight excluding hydrogens is 851 g/mol. The van der Waals surface area contributed by atoms with Gasteiger partial charge in [0, 0.05) is 76.9 Å². The first-order chi connectivity index (χ1) is 34.7. The van der Waals surface area contributed by atoms with Gasteiger partial charge in [-0.2, -0.15) is 0 Å². The lowest BCUT2D eigenvalue weighted by molar-refractivity contribution is 1.17. The molecule has 0 atom stereocenters. The molecule has 0 aliphatic carbocycles. The molecule has 0 saturated carbocycles. The zero-order valence-electron chi connectivity index (χ0n) is 37.9. The van der Waals surface area contributed by atoms with Crippen LogP contribution < -0.4 is 0 Å². The third-order valence-electron chi connectivity index (χ3n) is 13.9. The summed E-state index contributed by atoms with van der Waals surface area (Å²) in [6, 6.07) is 88.4. The van der Waals surface area contributed by atoms with Crippen molar-refractivity contribution in [2.75, 3.05) is 0 Å². The van der Waals surface area contributed by atoms with E-state index in [4.69, 9.17) is 15.0 Å². The molecule has 0 fully saturated rings. The lowest BCUT2D eigenvalue weighted by Crippen LogP contribution is -1.97. The van der Waals surface area contributed by atoms with Crippen molar-refractivity contribution in [3.05, 3.63) is 249 Å². The molecule has 0 unspecified atom stereocenters. The summed E-state index contributed by atoms with van der Waals surface area (Å²) in [5, 5.41) is 8.33. The second kappa shape index (κ2) is 16.1. The number of aromatic nitrogens is 5. The zero-order valence-corrected chi connectivity index (χ0v) is 37.9. The summed E-state index contributed by atoms with van der Waals surface area (Å²) in [5.74, 6) is 0.666. The summed E-state index contributed by atoms with van der Waals surface area (Å²) in [7, 11) is 0. The Morgan fingerprint density at radius 1 is 0.286 bits per heavy atom. The number of rotatable bonds is 7. The largest absolute Gasteiger partial charge is 0.309 e. The number of pyridine rings is 1. The van der Waals surface area contributed by atoms with Gasteiger partial charge in [-0.15, -0.1) is 0 Å². The molecular formula is C65H41N5. The van der Waals surface area contributed by atoms with E-state index < -0.39 is 0 Å². The SMILES string of the molecule is c1ccc(-c2cc(-c3ccc(-n4c5ccccc5c5ccccc54)cc3)nc(-c3ccc(-c4cccc5c4nc(-c4ccccc4)c4ccc6c7ccccc7n(-c7ccccc7)c6c45)cc3)n2)cc1. The minimum Gasteiger partial charge on any atom is -0.309 e. The van der Waals surface area contributed by atoms with Crippen LogP contribution in [0.15, 0.2) is 249 Å². The van der Waals surface area contributed by atoms with Gasteiger partial charge in [0.1, 0.15) is 0 Å². The first-order valence-corrected chi connectivity index (χ1v) is 23.8. The lowest BCUT2D eigenvalue weighted by Gasteiger charge is -2.16. The zero-order chi connectivity index (χ0) is 46.1. The molecule has 5 heteroatoms. The Labute approximate surface area is 403 Å². The van der Waals surface area contributed by atoms with Crippen molar-refractivity contribution in [1.29, 1.82) is 0 Å². The van der Waals surface area contributed by atoms with Crippen LogP contribution in [0.3, 0.4) is 0 Å². The maximum Gasteiger partial charge on any atom is 0.160 e. The van der Waals surface area contributed by atoms with Crippen LogP contribution in [-0.2, 0) is 0 Å². The predicted octanol–water partition coefficient (Wildman–Crippen LogP) is 16.7. The molecule has 14 rings (SSSR count). The van der Waals surface area contributed by atoms with E-state index in [-0.39, 0.29) is 0 Å². The van der Waals surface area contributed by atoms with Crippen molar-refractivity contribution in [3.63, 3.8) is 0 Å². The highest BCUT2D eigenvalue weighted by molar-refractivity contribution is 6.28. The van der Waals surface area contributed by atoms with Crippen LogP contribution in [0.25, 0.3) is 133 Å². The quantitative estimate of drug-likeness (QED) is 0.150. The number of benzene rings is 10. The van der Waals surface area contributed by atoms with Crippen molar-refractivity contribution in [2.45, 2.75) is 0 Å². The Morgan fingerprint density at radius 3 is 1.40 bits per heavy atom. The number of hydrogen-bond donors (Lipinski definition) is 0. The summed E-state index contributed by atoms with van der Waals surface area (Å²) in [4.78, 5) is 16.1. The van der Waals surface area contributed by atoms with E-state index in [2.05, 4.69) is 252 Å².